The normalized spacial score (nSPS) is 8.86. The van der Waals surface area contributed by atoms with Gasteiger partial charge in [-0.25, -0.2) is 0 Å². The third-order valence-corrected chi connectivity index (χ3v) is 0.887. The van der Waals surface area contributed by atoms with E-state index >= 15 is 0 Å². The standard InChI is InChI=1S/C5H11NS/c1-5(7)3-4-6-2/h6-7H,1,3-4H2,2H3. The molecule has 0 saturated heterocycles. The Morgan fingerprint density at radius 3 is 2.57 bits per heavy atom. The predicted molar refractivity (Wildman–Crippen MR) is 36.7 cm³/mol. The molecule has 0 unspecified atom stereocenters. The lowest BCUT2D eigenvalue weighted by atomic mass is 10.4. The summed E-state index contributed by atoms with van der Waals surface area (Å²) in [5.74, 6) is 0. The molecule has 2 heteroatoms. The van der Waals surface area contributed by atoms with Gasteiger partial charge in [0.15, 0.2) is 0 Å². The van der Waals surface area contributed by atoms with Crippen LogP contribution >= 0.6 is 12.6 Å². The Balaban J connectivity index is 2.82. The maximum absolute atomic E-state index is 4.00. The summed E-state index contributed by atoms with van der Waals surface area (Å²) >= 11 is 4.00. The molecule has 0 fully saturated rings. The highest BCUT2D eigenvalue weighted by atomic mass is 32.1. The lowest BCUT2D eigenvalue weighted by Gasteiger charge is -1.93. The van der Waals surface area contributed by atoms with Gasteiger partial charge in [-0.3, -0.25) is 0 Å². The molecule has 42 valence electrons. The molecular formula is C5H11NS. The second-order valence-electron chi connectivity index (χ2n) is 1.42. The summed E-state index contributed by atoms with van der Waals surface area (Å²) in [5, 5.41) is 2.99. The van der Waals surface area contributed by atoms with Gasteiger partial charge in [0, 0.05) is 0 Å². The first-order valence-corrected chi connectivity index (χ1v) is 2.73. The van der Waals surface area contributed by atoms with E-state index in [4.69, 9.17) is 0 Å². The smallest absolute Gasteiger partial charge is 0.000662 e. The fraction of sp³-hybridized carbons (Fsp3) is 0.600. The van der Waals surface area contributed by atoms with Crippen LogP contribution in [0.25, 0.3) is 0 Å². The molecule has 0 aromatic carbocycles. The summed E-state index contributed by atoms with van der Waals surface area (Å²) in [6.45, 7) is 4.59. The van der Waals surface area contributed by atoms with Gasteiger partial charge in [-0.05, 0) is 24.9 Å². The van der Waals surface area contributed by atoms with Crippen molar-refractivity contribution in [2.75, 3.05) is 13.6 Å². The summed E-state index contributed by atoms with van der Waals surface area (Å²) in [4.78, 5) is 0.939. The van der Waals surface area contributed by atoms with E-state index in [-0.39, 0.29) is 0 Å². The molecule has 0 amide bonds. The Morgan fingerprint density at radius 1 is 1.86 bits per heavy atom. The van der Waals surface area contributed by atoms with E-state index in [1.165, 1.54) is 0 Å². The van der Waals surface area contributed by atoms with Crippen molar-refractivity contribution in [1.82, 2.24) is 5.32 Å². The lowest BCUT2D eigenvalue weighted by molar-refractivity contribution is 0.804. The number of hydrogen-bond donors (Lipinski definition) is 2. The van der Waals surface area contributed by atoms with E-state index in [1.807, 2.05) is 7.05 Å². The van der Waals surface area contributed by atoms with Crippen molar-refractivity contribution in [3.05, 3.63) is 11.5 Å². The second-order valence-corrected chi connectivity index (χ2v) is 2.05. The van der Waals surface area contributed by atoms with Gasteiger partial charge in [-0.15, -0.1) is 12.6 Å². The molecule has 1 nitrogen and oxygen atoms in total. The molecule has 0 rings (SSSR count). The topological polar surface area (TPSA) is 12.0 Å². The molecule has 7 heavy (non-hydrogen) atoms. The van der Waals surface area contributed by atoms with Crippen molar-refractivity contribution in [2.24, 2.45) is 0 Å². The largest absolute Gasteiger partial charge is 0.319 e. The first-order chi connectivity index (χ1) is 3.27. The minimum Gasteiger partial charge on any atom is -0.319 e. The van der Waals surface area contributed by atoms with Gasteiger partial charge in [0.25, 0.3) is 0 Å². The summed E-state index contributed by atoms with van der Waals surface area (Å²) in [7, 11) is 1.91. The third-order valence-electron chi connectivity index (χ3n) is 0.664. The zero-order chi connectivity index (χ0) is 5.70. The molecule has 0 heterocycles. The van der Waals surface area contributed by atoms with E-state index in [1.54, 1.807) is 0 Å². The number of rotatable bonds is 3. The fourth-order valence-corrected chi connectivity index (χ4v) is 0.381. The van der Waals surface area contributed by atoms with Gasteiger partial charge >= 0.3 is 0 Å². The predicted octanol–water partition coefficient (Wildman–Crippen LogP) is 1.04. The Kier molecular flexibility index (Phi) is 4.25. The minimum atomic E-state index is 0.939. The first-order valence-electron chi connectivity index (χ1n) is 2.28. The zero-order valence-electron chi connectivity index (χ0n) is 4.57. The van der Waals surface area contributed by atoms with Crippen molar-refractivity contribution < 1.29 is 0 Å². The van der Waals surface area contributed by atoms with Crippen LogP contribution in [0, 0.1) is 0 Å². The van der Waals surface area contributed by atoms with Crippen LogP contribution in [0.5, 0.6) is 0 Å². The molecular weight excluding hydrogens is 106 g/mol. The van der Waals surface area contributed by atoms with E-state index < -0.39 is 0 Å². The van der Waals surface area contributed by atoms with Crippen molar-refractivity contribution in [3.63, 3.8) is 0 Å². The highest BCUT2D eigenvalue weighted by Crippen LogP contribution is 1.98. The number of nitrogens with one attached hydrogen (secondary N) is 1. The lowest BCUT2D eigenvalue weighted by Crippen LogP contribution is -2.06. The molecule has 0 saturated carbocycles. The molecule has 0 aromatic rings. The molecule has 0 aliphatic carbocycles. The van der Waals surface area contributed by atoms with E-state index in [0.29, 0.717) is 0 Å². The van der Waals surface area contributed by atoms with Crippen LogP contribution in [0.2, 0.25) is 0 Å². The quantitative estimate of drug-likeness (QED) is 0.526. The first kappa shape index (κ1) is 7.05. The Bertz CT molecular complexity index is 61.1. The molecule has 0 atom stereocenters. The fourth-order valence-electron chi connectivity index (χ4n) is 0.269. The van der Waals surface area contributed by atoms with Crippen molar-refractivity contribution >= 4 is 12.6 Å². The van der Waals surface area contributed by atoms with E-state index in [2.05, 4.69) is 24.5 Å². The van der Waals surface area contributed by atoms with Crippen LogP contribution in [0.1, 0.15) is 6.42 Å². The maximum atomic E-state index is 4.00. The van der Waals surface area contributed by atoms with Gasteiger partial charge in [0.1, 0.15) is 0 Å². The Morgan fingerprint density at radius 2 is 2.43 bits per heavy atom. The molecule has 0 aromatic heterocycles. The molecule has 0 spiro atoms. The van der Waals surface area contributed by atoms with Gasteiger partial charge < -0.3 is 5.32 Å². The molecule has 0 aliphatic heterocycles. The van der Waals surface area contributed by atoms with Crippen LogP contribution in [0.4, 0.5) is 0 Å². The van der Waals surface area contributed by atoms with E-state index in [9.17, 15) is 0 Å². The summed E-state index contributed by atoms with van der Waals surface area (Å²) in [6, 6.07) is 0. The summed E-state index contributed by atoms with van der Waals surface area (Å²) < 4.78 is 0. The van der Waals surface area contributed by atoms with E-state index in [0.717, 1.165) is 17.9 Å². The molecule has 0 bridgehead atoms. The molecule has 0 aliphatic rings. The average molecular weight is 117 g/mol. The van der Waals surface area contributed by atoms with Crippen molar-refractivity contribution in [1.29, 1.82) is 0 Å². The van der Waals surface area contributed by atoms with Gasteiger partial charge in [-0.2, -0.15) is 0 Å². The summed E-state index contributed by atoms with van der Waals surface area (Å²) in [5.41, 5.74) is 0. The van der Waals surface area contributed by atoms with Crippen LogP contribution in [0.3, 0.4) is 0 Å². The Hall–Kier alpha value is 0.0500. The molecule has 1 N–H and O–H groups in total. The van der Waals surface area contributed by atoms with Gasteiger partial charge in [0.05, 0.1) is 0 Å². The second kappa shape index (κ2) is 4.22. The van der Waals surface area contributed by atoms with Gasteiger partial charge in [-0.1, -0.05) is 6.58 Å². The zero-order valence-corrected chi connectivity index (χ0v) is 5.46. The van der Waals surface area contributed by atoms with Crippen LogP contribution < -0.4 is 5.32 Å². The highest BCUT2D eigenvalue weighted by Gasteiger charge is 1.80. The number of thiol groups is 1. The van der Waals surface area contributed by atoms with Crippen LogP contribution in [-0.2, 0) is 0 Å². The highest BCUT2D eigenvalue weighted by molar-refractivity contribution is 7.84. The number of hydrogen-bond acceptors (Lipinski definition) is 2. The molecule has 0 radical (unpaired) electrons. The average Bonchev–Trinajstić information content (AvgIpc) is 1.61. The third kappa shape index (κ3) is 6.05. The maximum Gasteiger partial charge on any atom is -0.000662 e. The summed E-state index contributed by atoms with van der Waals surface area (Å²) in [6.07, 6.45) is 0.958. The minimum absolute atomic E-state index is 0.939. The van der Waals surface area contributed by atoms with Crippen molar-refractivity contribution in [3.8, 4) is 0 Å². The SMILES string of the molecule is C=C(S)CCNC. The van der Waals surface area contributed by atoms with Crippen molar-refractivity contribution in [2.45, 2.75) is 6.42 Å². The van der Waals surface area contributed by atoms with Gasteiger partial charge in [0.2, 0.25) is 0 Å². The van der Waals surface area contributed by atoms with Crippen LogP contribution in [-0.4, -0.2) is 13.6 Å². The monoisotopic (exact) mass is 117 g/mol. The van der Waals surface area contributed by atoms with Crippen LogP contribution in [0.15, 0.2) is 11.5 Å². The Labute approximate surface area is 50.2 Å².